The molecule has 0 spiro atoms. The second kappa shape index (κ2) is 9.58. The normalized spacial score (nSPS) is 13.7. The van der Waals surface area contributed by atoms with Gasteiger partial charge in [0, 0.05) is 11.7 Å². The van der Waals surface area contributed by atoms with Gasteiger partial charge in [-0.3, -0.25) is 4.79 Å². The van der Waals surface area contributed by atoms with Crippen molar-refractivity contribution >= 4 is 39.2 Å². The van der Waals surface area contributed by atoms with E-state index in [1.54, 1.807) is 0 Å². The SMILES string of the molecule is O=C(COC(=O)c1ccc(S(=O)(=O)NC2CC2)cc1)Nc1ccc(OC(F)F)c(Cl)c1. The fourth-order valence-corrected chi connectivity index (χ4v) is 3.97. The van der Waals surface area contributed by atoms with Gasteiger partial charge in [-0.05, 0) is 55.3 Å². The van der Waals surface area contributed by atoms with Gasteiger partial charge in [-0.1, -0.05) is 11.6 Å². The Balaban J connectivity index is 1.52. The summed E-state index contributed by atoms with van der Waals surface area (Å²) in [6, 6.07) is 8.71. The van der Waals surface area contributed by atoms with Crippen molar-refractivity contribution in [1.82, 2.24) is 4.72 Å². The monoisotopic (exact) mass is 474 g/mol. The third-order valence-corrected chi connectivity index (χ3v) is 5.90. The maximum absolute atomic E-state index is 12.2. The Labute approximate surface area is 181 Å². The molecule has 31 heavy (non-hydrogen) atoms. The van der Waals surface area contributed by atoms with Gasteiger partial charge in [0.05, 0.1) is 15.5 Å². The van der Waals surface area contributed by atoms with Crippen LogP contribution in [0.1, 0.15) is 23.2 Å². The molecule has 2 aromatic carbocycles. The largest absolute Gasteiger partial charge is 0.452 e. The molecule has 2 N–H and O–H groups in total. The Kier molecular flexibility index (Phi) is 7.08. The molecular weight excluding hydrogens is 458 g/mol. The number of rotatable bonds is 9. The molecule has 0 saturated heterocycles. The lowest BCUT2D eigenvalue weighted by Gasteiger charge is -2.10. The van der Waals surface area contributed by atoms with Crippen LogP contribution in [0.5, 0.6) is 5.75 Å². The molecular formula is C19H17ClF2N2O6S. The summed E-state index contributed by atoms with van der Waals surface area (Å²) in [6.45, 7) is -3.67. The quantitative estimate of drug-likeness (QED) is 0.540. The number of ether oxygens (including phenoxy) is 2. The van der Waals surface area contributed by atoms with Crippen molar-refractivity contribution in [2.24, 2.45) is 0 Å². The highest BCUT2D eigenvalue weighted by Gasteiger charge is 2.28. The second-order valence-corrected chi connectivity index (χ2v) is 8.69. The molecule has 12 heteroatoms. The summed E-state index contributed by atoms with van der Waals surface area (Å²) < 4.78 is 60.3. The number of anilines is 1. The first-order valence-corrected chi connectivity index (χ1v) is 10.8. The number of hydrogen-bond acceptors (Lipinski definition) is 6. The summed E-state index contributed by atoms with van der Waals surface area (Å²) in [7, 11) is -3.64. The van der Waals surface area contributed by atoms with Gasteiger partial charge in [0.25, 0.3) is 5.91 Å². The molecule has 0 aliphatic heterocycles. The average molecular weight is 475 g/mol. The minimum Gasteiger partial charge on any atom is -0.452 e. The Morgan fingerprint density at radius 2 is 1.81 bits per heavy atom. The number of amides is 1. The van der Waals surface area contributed by atoms with Gasteiger partial charge in [0.1, 0.15) is 5.75 Å². The van der Waals surface area contributed by atoms with E-state index in [-0.39, 0.29) is 33.0 Å². The highest BCUT2D eigenvalue weighted by molar-refractivity contribution is 7.89. The maximum atomic E-state index is 12.2. The van der Waals surface area contributed by atoms with Gasteiger partial charge in [-0.15, -0.1) is 0 Å². The highest BCUT2D eigenvalue weighted by atomic mass is 35.5. The van der Waals surface area contributed by atoms with E-state index < -0.39 is 35.1 Å². The van der Waals surface area contributed by atoms with Crippen molar-refractivity contribution in [1.29, 1.82) is 0 Å². The Morgan fingerprint density at radius 3 is 2.39 bits per heavy atom. The molecule has 1 saturated carbocycles. The summed E-state index contributed by atoms with van der Waals surface area (Å²) in [5.74, 6) is -1.77. The van der Waals surface area contributed by atoms with Crippen LogP contribution in [0.3, 0.4) is 0 Å². The number of nitrogens with one attached hydrogen (secondary N) is 2. The second-order valence-electron chi connectivity index (χ2n) is 6.57. The van der Waals surface area contributed by atoms with Crippen LogP contribution < -0.4 is 14.8 Å². The van der Waals surface area contributed by atoms with Gasteiger partial charge >= 0.3 is 12.6 Å². The highest BCUT2D eigenvalue weighted by Crippen LogP contribution is 2.29. The molecule has 1 aliphatic carbocycles. The molecule has 1 fully saturated rings. The van der Waals surface area contributed by atoms with E-state index in [2.05, 4.69) is 14.8 Å². The lowest BCUT2D eigenvalue weighted by Crippen LogP contribution is -2.25. The smallest absolute Gasteiger partial charge is 0.387 e. The van der Waals surface area contributed by atoms with Crippen molar-refractivity contribution in [2.45, 2.75) is 30.4 Å². The minimum atomic E-state index is -3.64. The van der Waals surface area contributed by atoms with Gasteiger partial charge in [0.15, 0.2) is 6.61 Å². The van der Waals surface area contributed by atoms with Crippen LogP contribution in [0.2, 0.25) is 5.02 Å². The Morgan fingerprint density at radius 1 is 1.13 bits per heavy atom. The Hall–Kier alpha value is -2.76. The van der Waals surface area contributed by atoms with Crippen LogP contribution in [0.4, 0.5) is 14.5 Å². The maximum Gasteiger partial charge on any atom is 0.387 e. The van der Waals surface area contributed by atoms with Crippen molar-refractivity contribution in [2.75, 3.05) is 11.9 Å². The van der Waals surface area contributed by atoms with E-state index >= 15 is 0 Å². The van der Waals surface area contributed by atoms with Crippen LogP contribution in [0, 0.1) is 0 Å². The summed E-state index contributed by atoms with van der Waals surface area (Å²) in [6.07, 6.45) is 1.59. The molecule has 0 bridgehead atoms. The van der Waals surface area contributed by atoms with E-state index in [0.29, 0.717) is 0 Å². The van der Waals surface area contributed by atoms with E-state index in [0.717, 1.165) is 18.9 Å². The molecule has 0 aromatic heterocycles. The first-order valence-electron chi connectivity index (χ1n) is 8.98. The zero-order valence-corrected chi connectivity index (χ0v) is 17.4. The first-order chi connectivity index (χ1) is 14.6. The van der Waals surface area contributed by atoms with E-state index in [1.807, 2.05) is 0 Å². The number of benzene rings is 2. The number of esters is 1. The van der Waals surface area contributed by atoms with Crippen LogP contribution in [-0.4, -0.2) is 39.6 Å². The summed E-state index contributed by atoms with van der Waals surface area (Å²) in [4.78, 5) is 24.0. The predicted molar refractivity (Wildman–Crippen MR) is 107 cm³/mol. The predicted octanol–water partition coefficient (Wildman–Crippen LogP) is 3.18. The van der Waals surface area contributed by atoms with Crippen LogP contribution in [-0.2, 0) is 19.6 Å². The molecule has 0 heterocycles. The molecule has 0 atom stereocenters. The van der Waals surface area contributed by atoms with E-state index in [9.17, 15) is 26.8 Å². The minimum absolute atomic E-state index is 0.0184. The zero-order chi connectivity index (χ0) is 22.6. The van der Waals surface area contributed by atoms with Crippen LogP contribution >= 0.6 is 11.6 Å². The van der Waals surface area contributed by atoms with Crippen LogP contribution in [0.15, 0.2) is 47.4 Å². The fourth-order valence-electron chi connectivity index (χ4n) is 2.44. The summed E-state index contributed by atoms with van der Waals surface area (Å²) in [5.41, 5.74) is 0.250. The molecule has 3 rings (SSSR count). The van der Waals surface area contributed by atoms with Crippen molar-refractivity contribution in [3.8, 4) is 5.75 Å². The van der Waals surface area contributed by atoms with Crippen molar-refractivity contribution < 1.29 is 36.3 Å². The van der Waals surface area contributed by atoms with E-state index in [1.165, 1.54) is 36.4 Å². The molecule has 2 aromatic rings. The van der Waals surface area contributed by atoms with E-state index in [4.69, 9.17) is 16.3 Å². The van der Waals surface area contributed by atoms with Gasteiger partial charge in [-0.2, -0.15) is 8.78 Å². The standard InChI is InChI=1S/C19H17ClF2N2O6S/c20-15-9-13(5-8-16(15)30-19(21)22)23-17(25)10-29-18(26)11-1-6-14(7-2-11)31(27,28)24-12-3-4-12/h1-2,5-9,12,19,24H,3-4,10H2,(H,23,25). The van der Waals surface area contributed by atoms with Crippen LogP contribution in [0.25, 0.3) is 0 Å². The topological polar surface area (TPSA) is 111 Å². The third kappa shape index (κ3) is 6.61. The Bertz CT molecular complexity index is 1080. The van der Waals surface area contributed by atoms with Crippen molar-refractivity contribution in [3.63, 3.8) is 0 Å². The number of sulfonamides is 1. The number of halogens is 3. The third-order valence-electron chi connectivity index (χ3n) is 4.07. The van der Waals surface area contributed by atoms with Gasteiger partial charge in [-0.25, -0.2) is 17.9 Å². The lowest BCUT2D eigenvalue weighted by atomic mass is 10.2. The fraction of sp³-hybridized carbons (Fsp3) is 0.263. The van der Waals surface area contributed by atoms with Crippen molar-refractivity contribution in [3.05, 3.63) is 53.1 Å². The average Bonchev–Trinajstić information content (AvgIpc) is 3.51. The molecule has 1 amide bonds. The number of carbonyl (C=O) groups is 2. The van der Waals surface area contributed by atoms with Gasteiger partial charge < -0.3 is 14.8 Å². The molecule has 166 valence electrons. The molecule has 0 radical (unpaired) electrons. The number of alkyl halides is 2. The zero-order valence-electron chi connectivity index (χ0n) is 15.8. The van der Waals surface area contributed by atoms with Gasteiger partial charge in [0.2, 0.25) is 10.0 Å². The number of carbonyl (C=O) groups excluding carboxylic acids is 2. The first kappa shape index (κ1) is 22.9. The molecule has 8 nitrogen and oxygen atoms in total. The summed E-state index contributed by atoms with van der Waals surface area (Å²) in [5, 5.41) is 2.25. The molecule has 1 aliphatic rings. The molecule has 0 unspecified atom stereocenters. The number of hydrogen-bond donors (Lipinski definition) is 2. The summed E-state index contributed by atoms with van der Waals surface area (Å²) >= 11 is 5.80. The lowest BCUT2D eigenvalue weighted by molar-refractivity contribution is -0.119.